The van der Waals surface area contributed by atoms with Gasteiger partial charge in [-0.05, 0) is 24.1 Å². The minimum absolute atomic E-state index is 0.104. The van der Waals surface area contributed by atoms with Crippen molar-refractivity contribution in [3.05, 3.63) is 35.6 Å². The van der Waals surface area contributed by atoms with Crippen LogP contribution in [0.2, 0.25) is 0 Å². The molecule has 1 aliphatic rings. The average molecular weight is 204 g/mol. The van der Waals surface area contributed by atoms with Crippen molar-refractivity contribution in [2.24, 2.45) is 5.92 Å². The van der Waals surface area contributed by atoms with Crippen LogP contribution in [-0.4, -0.2) is 10.9 Å². The highest BCUT2D eigenvalue weighted by molar-refractivity contribution is 6.12. The molecule has 0 atom stereocenters. The van der Waals surface area contributed by atoms with Crippen LogP contribution in [0.15, 0.2) is 30.0 Å². The van der Waals surface area contributed by atoms with E-state index in [1.807, 2.05) is 13.8 Å². The molecule has 0 bridgehead atoms. The van der Waals surface area contributed by atoms with Gasteiger partial charge in [0.25, 0.3) is 0 Å². The lowest BCUT2D eigenvalue weighted by molar-refractivity contribution is 0.101. The summed E-state index contributed by atoms with van der Waals surface area (Å²) < 4.78 is 5.36. The third-order valence-electron chi connectivity index (χ3n) is 2.14. The Bertz CT molecular complexity index is 444. The van der Waals surface area contributed by atoms with Crippen LogP contribution < -0.4 is 4.74 Å². The number of Topliss-reactive ketones (excluding diaryl/α,β-unsaturated/α-hetero) is 1. The molecular weight excluding hydrogens is 192 g/mol. The van der Waals surface area contributed by atoms with Crippen LogP contribution in [0.5, 0.6) is 11.5 Å². The van der Waals surface area contributed by atoms with Gasteiger partial charge in [-0.3, -0.25) is 4.79 Å². The SMILES string of the molecule is CC(C)/C=C1\Oc2cc(O)ccc2C1=O. The van der Waals surface area contributed by atoms with Gasteiger partial charge >= 0.3 is 0 Å². The van der Waals surface area contributed by atoms with Crippen LogP contribution in [0.25, 0.3) is 0 Å². The van der Waals surface area contributed by atoms with Crippen LogP contribution >= 0.6 is 0 Å². The summed E-state index contributed by atoms with van der Waals surface area (Å²) in [5.74, 6) is 1.04. The fourth-order valence-electron chi connectivity index (χ4n) is 1.49. The number of hydrogen-bond acceptors (Lipinski definition) is 3. The first-order chi connectivity index (χ1) is 7.08. The summed E-state index contributed by atoms with van der Waals surface area (Å²) in [7, 11) is 0. The molecule has 1 N–H and O–H groups in total. The number of carbonyl (C=O) groups is 1. The van der Waals surface area contributed by atoms with Crippen LogP contribution in [0.4, 0.5) is 0 Å². The molecule has 1 aliphatic heterocycles. The molecule has 1 heterocycles. The molecule has 0 spiro atoms. The maximum absolute atomic E-state index is 11.8. The van der Waals surface area contributed by atoms with Crippen LogP contribution in [0.1, 0.15) is 24.2 Å². The first-order valence-electron chi connectivity index (χ1n) is 4.85. The van der Waals surface area contributed by atoms with Gasteiger partial charge in [-0.15, -0.1) is 0 Å². The maximum Gasteiger partial charge on any atom is 0.231 e. The monoisotopic (exact) mass is 204 g/mol. The van der Waals surface area contributed by atoms with Gasteiger partial charge in [0.15, 0.2) is 5.76 Å². The van der Waals surface area contributed by atoms with Crippen molar-refractivity contribution >= 4 is 5.78 Å². The zero-order chi connectivity index (χ0) is 11.0. The van der Waals surface area contributed by atoms with E-state index in [0.29, 0.717) is 17.1 Å². The van der Waals surface area contributed by atoms with Gasteiger partial charge in [-0.1, -0.05) is 13.8 Å². The molecule has 0 aliphatic carbocycles. The van der Waals surface area contributed by atoms with Crippen molar-refractivity contribution in [1.29, 1.82) is 0 Å². The van der Waals surface area contributed by atoms with Crippen molar-refractivity contribution in [3.63, 3.8) is 0 Å². The summed E-state index contributed by atoms with van der Waals surface area (Å²) in [5.41, 5.74) is 0.514. The van der Waals surface area contributed by atoms with Crippen molar-refractivity contribution < 1.29 is 14.6 Å². The lowest BCUT2D eigenvalue weighted by Crippen LogP contribution is -2.00. The van der Waals surface area contributed by atoms with E-state index in [-0.39, 0.29) is 17.5 Å². The van der Waals surface area contributed by atoms with Gasteiger partial charge in [0.05, 0.1) is 5.56 Å². The number of rotatable bonds is 1. The van der Waals surface area contributed by atoms with E-state index in [0.717, 1.165) is 0 Å². The number of carbonyl (C=O) groups excluding carboxylic acids is 1. The zero-order valence-corrected chi connectivity index (χ0v) is 8.65. The number of ether oxygens (including phenoxy) is 1. The van der Waals surface area contributed by atoms with Gasteiger partial charge in [0, 0.05) is 6.07 Å². The summed E-state index contributed by atoms with van der Waals surface area (Å²) in [5, 5.41) is 9.24. The quantitative estimate of drug-likeness (QED) is 0.715. The van der Waals surface area contributed by atoms with E-state index in [2.05, 4.69) is 0 Å². The Kier molecular flexibility index (Phi) is 2.23. The molecule has 78 valence electrons. The Hall–Kier alpha value is -1.77. The molecule has 0 saturated heterocycles. The highest BCUT2D eigenvalue weighted by Crippen LogP contribution is 2.33. The first kappa shape index (κ1) is 9.77. The molecule has 15 heavy (non-hydrogen) atoms. The zero-order valence-electron chi connectivity index (χ0n) is 8.65. The van der Waals surface area contributed by atoms with Gasteiger partial charge in [0.1, 0.15) is 11.5 Å². The van der Waals surface area contributed by atoms with Gasteiger partial charge in [-0.25, -0.2) is 0 Å². The van der Waals surface area contributed by atoms with E-state index in [4.69, 9.17) is 4.74 Å². The van der Waals surface area contributed by atoms with E-state index in [9.17, 15) is 9.90 Å². The topological polar surface area (TPSA) is 46.5 Å². The summed E-state index contributed by atoms with van der Waals surface area (Å²) in [4.78, 5) is 11.8. The van der Waals surface area contributed by atoms with E-state index >= 15 is 0 Å². The number of fused-ring (bicyclic) bond motifs is 1. The number of phenolic OH excluding ortho intramolecular Hbond substituents is 1. The minimum atomic E-state index is -0.112. The van der Waals surface area contributed by atoms with E-state index in [1.165, 1.54) is 12.1 Å². The number of hydrogen-bond donors (Lipinski definition) is 1. The Morgan fingerprint density at radius 3 is 2.80 bits per heavy atom. The van der Waals surface area contributed by atoms with Crippen LogP contribution in [0.3, 0.4) is 0 Å². The molecule has 1 aromatic carbocycles. The van der Waals surface area contributed by atoms with E-state index < -0.39 is 0 Å². The number of phenols is 1. The van der Waals surface area contributed by atoms with Gasteiger partial charge in [0.2, 0.25) is 5.78 Å². The molecular formula is C12H12O3. The standard InChI is InChI=1S/C12H12O3/c1-7(2)5-11-12(14)9-4-3-8(13)6-10(9)15-11/h3-7,13H,1-2H3/b11-5-. The van der Waals surface area contributed by atoms with Crippen LogP contribution in [0, 0.1) is 5.92 Å². The molecule has 0 aromatic heterocycles. The Morgan fingerprint density at radius 2 is 2.13 bits per heavy atom. The minimum Gasteiger partial charge on any atom is -0.508 e. The fraction of sp³-hybridized carbons (Fsp3) is 0.250. The molecule has 0 amide bonds. The third-order valence-corrected chi connectivity index (χ3v) is 2.14. The van der Waals surface area contributed by atoms with Gasteiger partial charge in [-0.2, -0.15) is 0 Å². The highest BCUT2D eigenvalue weighted by Gasteiger charge is 2.27. The summed E-state index contributed by atoms with van der Waals surface area (Å²) >= 11 is 0. The molecule has 0 radical (unpaired) electrons. The smallest absolute Gasteiger partial charge is 0.231 e. The maximum atomic E-state index is 11.8. The summed E-state index contributed by atoms with van der Waals surface area (Å²) in [6.45, 7) is 3.95. The lowest BCUT2D eigenvalue weighted by Gasteiger charge is -1.99. The number of allylic oxidation sites excluding steroid dienone is 2. The van der Waals surface area contributed by atoms with Crippen molar-refractivity contribution in [1.82, 2.24) is 0 Å². The molecule has 0 fully saturated rings. The molecule has 3 nitrogen and oxygen atoms in total. The predicted molar refractivity (Wildman–Crippen MR) is 56.0 cm³/mol. The Labute approximate surface area is 88.0 Å². The normalized spacial score (nSPS) is 17.0. The van der Waals surface area contributed by atoms with Crippen molar-refractivity contribution in [2.45, 2.75) is 13.8 Å². The second kappa shape index (κ2) is 3.42. The van der Waals surface area contributed by atoms with Crippen LogP contribution in [-0.2, 0) is 0 Å². The summed E-state index contributed by atoms with van der Waals surface area (Å²) in [6.07, 6.45) is 1.78. The predicted octanol–water partition coefficient (Wildman–Crippen LogP) is 2.51. The molecule has 0 unspecified atom stereocenters. The highest BCUT2D eigenvalue weighted by atomic mass is 16.5. The average Bonchev–Trinajstić information content (AvgIpc) is 2.42. The third kappa shape index (κ3) is 1.73. The molecule has 0 saturated carbocycles. The summed E-state index contributed by atoms with van der Waals surface area (Å²) in [6, 6.07) is 4.51. The largest absolute Gasteiger partial charge is 0.508 e. The van der Waals surface area contributed by atoms with Crippen molar-refractivity contribution in [3.8, 4) is 11.5 Å². The Balaban J connectivity index is 2.41. The Morgan fingerprint density at radius 1 is 1.40 bits per heavy atom. The number of aromatic hydroxyl groups is 1. The molecule has 2 rings (SSSR count). The second-order valence-corrected chi connectivity index (χ2v) is 3.89. The van der Waals surface area contributed by atoms with Crippen molar-refractivity contribution in [2.75, 3.05) is 0 Å². The molecule has 3 heteroatoms. The van der Waals surface area contributed by atoms with Gasteiger partial charge < -0.3 is 9.84 Å². The molecule has 1 aromatic rings. The fourth-order valence-corrected chi connectivity index (χ4v) is 1.49. The number of ketones is 1. The van der Waals surface area contributed by atoms with E-state index in [1.54, 1.807) is 12.1 Å². The first-order valence-corrected chi connectivity index (χ1v) is 4.85. The second-order valence-electron chi connectivity index (χ2n) is 3.89. The number of benzene rings is 1. The lowest BCUT2D eigenvalue weighted by atomic mass is 10.1.